The average molecular weight is 325 g/mol. The van der Waals surface area contributed by atoms with Crippen molar-refractivity contribution in [3.8, 4) is 17.2 Å². The number of hydrogen-bond donors (Lipinski definition) is 0. The van der Waals surface area contributed by atoms with Gasteiger partial charge in [-0.2, -0.15) is 0 Å². The summed E-state index contributed by atoms with van der Waals surface area (Å²) in [6.45, 7) is 5.63. The van der Waals surface area contributed by atoms with Crippen LogP contribution in [0.5, 0.6) is 17.2 Å². The van der Waals surface area contributed by atoms with Crippen LogP contribution in [0.15, 0.2) is 12.1 Å². The minimum Gasteiger partial charge on any atom is -0.496 e. The van der Waals surface area contributed by atoms with Gasteiger partial charge >= 0.3 is 0 Å². The van der Waals surface area contributed by atoms with Gasteiger partial charge in [-0.1, -0.05) is 12.2 Å². The summed E-state index contributed by atoms with van der Waals surface area (Å²) in [4.78, 5) is 2.89. The Balaban J connectivity index is 2.35. The highest BCUT2D eigenvalue weighted by molar-refractivity contribution is 7.80. The lowest BCUT2D eigenvalue weighted by molar-refractivity contribution is -0.0472. The third-order valence-corrected chi connectivity index (χ3v) is 4.12. The highest BCUT2D eigenvalue weighted by atomic mass is 32.1. The molecule has 1 aromatic carbocycles. The molecule has 2 rings (SSSR count). The Bertz CT molecular complexity index is 539. The van der Waals surface area contributed by atoms with Gasteiger partial charge in [-0.25, -0.2) is 0 Å². The van der Waals surface area contributed by atoms with E-state index >= 15 is 0 Å². The molecule has 22 heavy (non-hydrogen) atoms. The molecule has 0 radical (unpaired) electrons. The summed E-state index contributed by atoms with van der Waals surface area (Å²) in [6, 6.07) is 3.67. The Morgan fingerprint density at radius 1 is 1.00 bits per heavy atom. The van der Waals surface area contributed by atoms with Gasteiger partial charge < -0.3 is 23.8 Å². The van der Waals surface area contributed by atoms with E-state index < -0.39 is 0 Å². The number of hydrogen-bond acceptors (Lipinski definition) is 5. The van der Waals surface area contributed by atoms with Crippen LogP contribution in [0.4, 0.5) is 0 Å². The van der Waals surface area contributed by atoms with Crippen LogP contribution in [0.25, 0.3) is 0 Å². The van der Waals surface area contributed by atoms with Crippen LogP contribution in [0.3, 0.4) is 0 Å². The molecular formula is C16H23NO4S. The zero-order valence-corrected chi connectivity index (χ0v) is 14.5. The smallest absolute Gasteiger partial charge is 0.164 e. The highest BCUT2D eigenvalue weighted by Gasteiger charge is 2.26. The molecule has 5 nitrogen and oxygen atoms in total. The molecule has 1 aromatic rings. The highest BCUT2D eigenvalue weighted by Crippen LogP contribution is 2.35. The van der Waals surface area contributed by atoms with Crippen molar-refractivity contribution in [3.05, 3.63) is 17.7 Å². The molecule has 0 aromatic heterocycles. The van der Waals surface area contributed by atoms with Gasteiger partial charge in [0.2, 0.25) is 0 Å². The van der Waals surface area contributed by atoms with Crippen LogP contribution in [0, 0.1) is 0 Å². The molecule has 1 fully saturated rings. The van der Waals surface area contributed by atoms with Crippen molar-refractivity contribution in [1.82, 2.24) is 4.90 Å². The van der Waals surface area contributed by atoms with E-state index in [-0.39, 0.29) is 12.2 Å². The lowest BCUT2D eigenvalue weighted by Crippen LogP contribution is -2.47. The van der Waals surface area contributed by atoms with E-state index in [0.717, 1.165) is 23.6 Å². The largest absolute Gasteiger partial charge is 0.496 e. The maximum Gasteiger partial charge on any atom is 0.164 e. The third kappa shape index (κ3) is 3.44. The molecule has 1 aliphatic rings. The molecule has 122 valence electrons. The standard InChI is InChI=1S/C16H23NO4S/c1-10-8-17(9-11(2)21-10)16(22)12-6-14(19-4)15(20-5)7-13(12)18-3/h6-7,10-11H,8-9H2,1-5H3/t10-,11-/m0/s1. The van der Waals surface area contributed by atoms with E-state index in [2.05, 4.69) is 18.7 Å². The molecule has 0 saturated carbocycles. The van der Waals surface area contributed by atoms with Gasteiger partial charge in [-0.15, -0.1) is 0 Å². The van der Waals surface area contributed by atoms with Gasteiger partial charge in [0.15, 0.2) is 11.5 Å². The van der Waals surface area contributed by atoms with Gasteiger partial charge in [0.05, 0.1) is 39.1 Å². The Morgan fingerprint density at radius 2 is 1.50 bits per heavy atom. The first-order chi connectivity index (χ1) is 10.5. The fourth-order valence-electron chi connectivity index (χ4n) is 2.71. The summed E-state index contributed by atoms with van der Waals surface area (Å²) in [5.41, 5.74) is 0.830. The molecule has 0 bridgehead atoms. The first-order valence-corrected chi connectivity index (χ1v) is 7.65. The number of benzene rings is 1. The second-order valence-corrected chi connectivity index (χ2v) is 5.76. The van der Waals surface area contributed by atoms with Gasteiger partial charge in [-0.05, 0) is 19.9 Å². The van der Waals surface area contributed by atoms with Crippen molar-refractivity contribution in [3.63, 3.8) is 0 Å². The fraction of sp³-hybridized carbons (Fsp3) is 0.562. The maximum absolute atomic E-state index is 5.76. The lowest BCUT2D eigenvalue weighted by atomic mass is 10.1. The average Bonchev–Trinajstić information content (AvgIpc) is 2.51. The first-order valence-electron chi connectivity index (χ1n) is 7.24. The molecule has 0 unspecified atom stereocenters. The molecule has 1 heterocycles. The van der Waals surface area contributed by atoms with E-state index in [4.69, 9.17) is 31.2 Å². The number of morpholine rings is 1. The second-order valence-electron chi connectivity index (χ2n) is 5.37. The minimum atomic E-state index is 0.146. The number of rotatable bonds is 4. The predicted molar refractivity (Wildman–Crippen MR) is 89.4 cm³/mol. The molecule has 6 heteroatoms. The maximum atomic E-state index is 5.76. The van der Waals surface area contributed by atoms with Gasteiger partial charge in [0.1, 0.15) is 10.7 Å². The van der Waals surface area contributed by atoms with E-state index in [1.165, 1.54) is 0 Å². The van der Waals surface area contributed by atoms with Crippen molar-refractivity contribution in [1.29, 1.82) is 0 Å². The summed E-state index contributed by atoms with van der Waals surface area (Å²) in [7, 11) is 4.83. The number of nitrogens with zero attached hydrogens (tertiary/aromatic N) is 1. The summed E-state index contributed by atoms with van der Waals surface area (Å²) < 4.78 is 21.9. The predicted octanol–water partition coefficient (Wildman–Crippen LogP) is 2.50. The zero-order chi connectivity index (χ0) is 16.3. The molecule has 0 N–H and O–H groups in total. The molecule has 1 aliphatic heterocycles. The monoisotopic (exact) mass is 325 g/mol. The molecular weight excluding hydrogens is 302 g/mol. The second kappa shape index (κ2) is 7.15. The summed E-state index contributed by atoms with van der Waals surface area (Å²) in [5.74, 6) is 1.93. The molecule has 0 aliphatic carbocycles. The van der Waals surface area contributed by atoms with Gasteiger partial charge in [0.25, 0.3) is 0 Å². The zero-order valence-electron chi connectivity index (χ0n) is 13.7. The molecule has 0 spiro atoms. The van der Waals surface area contributed by atoms with Crippen molar-refractivity contribution >= 4 is 17.2 Å². The normalized spacial score (nSPS) is 21.4. The van der Waals surface area contributed by atoms with Crippen LogP contribution in [0.2, 0.25) is 0 Å². The van der Waals surface area contributed by atoms with Crippen LogP contribution in [0.1, 0.15) is 19.4 Å². The van der Waals surface area contributed by atoms with Crippen molar-refractivity contribution in [2.24, 2.45) is 0 Å². The fourth-order valence-corrected chi connectivity index (χ4v) is 3.02. The lowest BCUT2D eigenvalue weighted by Gasteiger charge is -2.37. The third-order valence-electron chi connectivity index (χ3n) is 3.64. The molecule has 1 saturated heterocycles. The minimum absolute atomic E-state index is 0.146. The van der Waals surface area contributed by atoms with Gasteiger partial charge in [-0.3, -0.25) is 0 Å². The summed E-state index contributed by atoms with van der Waals surface area (Å²) >= 11 is 5.68. The van der Waals surface area contributed by atoms with E-state index in [0.29, 0.717) is 17.2 Å². The Hall–Kier alpha value is -1.53. The van der Waals surface area contributed by atoms with Crippen LogP contribution >= 0.6 is 12.2 Å². The molecule has 0 amide bonds. The number of thiocarbonyl (C=S) groups is 1. The van der Waals surface area contributed by atoms with E-state index in [1.807, 2.05) is 6.07 Å². The van der Waals surface area contributed by atoms with Crippen molar-refractivity contribution in [2.75, 3.05) is 34.4 Å². The van der Waals surface area contributed by atoms with Crippen molar-refractivity contribution < 1.29 is 18.9 Å². The topological polar surface area (TPSA) is 40.2 Å². The van der Waals surface area contributed by atoms with E-state index in [1.54, 1.807) is 27.4 Å². The SMILES string of the molecule is COc1cc(OC)c(C(=S)N2C[C@H](C)O[C@@H](C)C2)cc1OC. The Kier molecular flexibility index (Phi) is 5.47. The molecule has 2 atom stereocenters. The van der Waals surface area contributed by atoms with Crippen LogP contribution in [-0.2, 0) is 4.74 Å². The summed E-state index contributed by atoms with van der Waals surface area (Å²) in [5, 5.41) is 0. The summed E-state index contributed by atoms with van der Waals surface area (Å²) in [6.07, 6.45) is 0.292. The van der Waals surface area contributed by atoms with Gasteiger partial charge in [0, 0.05) is 19.2 Å². The number of methoxy groups -OCH3 is 3. The Morgan fingerprint density at radius 3 is 2.00 bits per heavy atom. The number of ether oxygens (including phenoxy) is 4. The van der Waals surface area contributed by atoms with E-state index in [9.17, 15) is 0 Å². The van der Waals surface area contributed by atoms with Crippen LogP contribution < -0.4 is 14.2 Å². The quantitative estimate of drug-likeness (QED) is 0.792. The Labute approximate surface area is 137 Å². The van der Waals surface area contributed by atoms with Crippen LogP contribution in [-0.4, -0.2) is 56.5 Å². The van der Waals surface area contributed by atoms with Crippen molar-refractivity contribution in [2.45, 2.75) is 26.1 Å². The first kappa shape index (κ1) is 16.8.